The van der Waals surface area contributed by atoms with Crippen molar-refractivity contribution >= 4 is 11.3 Å². The second-order valence-corrected chi connectivity index (χ2v) is 5.77. The topological polar surface area (TPSA) is 36.4 Å². The highest BCUT2D eigenvalue weighted by Crippen LogP contribution is 2.24. The Bertz CT molecular complexity index is 498. The van der Waals surface area contributed by atoms with Crippen LogP contribution < -0.4 is 0 Å². The lowest BCUT2D eigenvalue weighted by Crippen LogP contribution is -2.25. The van der Waals surface area contributed by atoms with Gasteiger partial charge in [0.25, 0.3) is 0 Å². The molecule has 0 aliphatic carbocycles. The summed E-state index contributed by atoms with van der Waals surface area (Å²) in [4.78, 5) is 6.75. The summed E-state index contributed by atoms with van der Waals surface area (Å²) in [5, 5.41) is 12.5. The molecule has 1 aromatic carbocycles. The van der Waals surface area contributed by atoms with Crippen LogP contribution in [0.5, 0.6) is 0 Å². The number of thiazole rings is 1. The van der Waals surface area contributed by atoms with Gasteiger partial charge in [0.2, 0.25) is 0 Å². The van der Waals surface area contributed by atoms with Crippen molar-refractivity contribution in [3.05, 3.63) is 52.0 Å². The highest BCUT2D eigenvalue weighted by molar-refractivity contribution is 7.09. The van der Waals surface area contributed by atoms with Crippen molar-refractivity contribution in [2.45, 2.75) is 25.9 Å². The van der Waals surface area contributed by atoms with Gasteiger partial charge in [-0.1, -0.05) is 30.3 Å². The molecule has 0 saturated heterocycles. The van der Waals surface area contributed by atoms with E-state index in [0.717, 1.165) is 23.7 Å². The maximum Gasteiger partial charge on any atom is 0.0897 e. The molecule has 1 atom stereocenters. The first-order valence-corrected chi connectivity index (χ1v) is 7.35. The third kappa shape index (κ3) is 3.86. The minimum Gasteiger partial charge on any atom is -0.396 e. The Morgan fingerprint density at radius 1 is 1.32 bits per heavy atom. The van der Waals surface area contributed by atoms with Crippen molar-refractivity contribution in [3.8, 4) is 0 Å². The van der Waals surface area contributed by atoms with Crippen LogP contribution in [0.15, 0.2) is 35.7 Å². The molecule has 1 N–H and O–H groups in total. The second kappa shape index (κ2) is 6.80. The Morgan fingerprint density at radius 3 is 2.63 bits per heavy atom. The van der Waals surface area contributed by atoms with Crippen LogP contribution >= 0.6 is 11.3 Å². The average molecular weight is 276 g/mol. The van der Waals surface area contributed by atoms with Gasteiger partial charge in [0.1, 0.15) is 0 Å². The zero-order chi connectivity index (χ0) is 13.7. The zero-order valence-corrected chi connectivity index (χ0v) is 12.2. The van der Waals surface area contributed by atoms with Gasteiger partial charge in [0.15, 0.2) is 0 Å². The van der Waals surface area contributed by atoms with Crippen molar-refractivity contribution < 1.29 is 5.11 Å². The zero-order valence-electron chi connectivity index (χ0n) is 11.4. The number of aliphatic hydroxyl groups excluding tert-OH is 1. The van der Waals surface area contributed by atoms with E-state index in [-0.39, 0.29) is 12.6 Å². The number of aryl methyl sites for hydroxylation is 1. The fourth-order valence-electron chi connectivity index (χ4n) is 2.29. The number of aliphatic hydroxyl groups is 1. The summed E-state index contributed by atoms with van der Waals surface area (Å²) in [6.45, 7) is 3.03. The molecule has 2 aromatic rings. The summed E-state index contributed by atoms with van der Waals surface area (Å²) < 4.78 is 0. The molecule has 1 heterocycles. The van der Waals surface area contributed by atoms with Crippen LogP contribution in [0.1, 0.15) is 28.7 Å². The number of aromatic nitrogens is 1. The molecule has 0 spiro atoms. The first-order chi connectivity index (χ1) is 9.20. The van der Waals surface area contributed by atoms with Crippen molar-refractivity contribution in [3.63, 3.8) is 0 Å². The Hall–Kier alpha value is -1.23. The predicted octanol–water partition coefficient (Wildman–Crippen LogP) is 3.01. The van der Waals surface area contributed by atoms with E-state index >= 15 is 0 Å². The third-order valence-electron chi connectivity index (χ3n) is 3.20. The normalized spacial score (nSPS) is 12.8. The Kier molecular flexibility index (Phi) is 5.07. The standard InChI is InChI=1S/C15H20N2OS/c1-12-16-14(11-19-12)10-17(2)15(8-9-18)13-6-4-3-5-7-13/h3-7,11,15,18H,8-10H2,1-2H3/t15-/m0/s1. The second-order valence-electron chi connectivity index (χ2n) is 4.71. The van der Waals surface area contributed by atoms with Crippen LogP contribution in [0.3, 0.4) is 0 Å². The lowest BCUT2D eigenvalue weighted by Gasteiger charge is -2.27. The summed E-state index contributed by atoms with van der Waals surface area (Å²) >= 11 is 1.68. The number of nitrogens with zero attached hydrogens (tertiary/aromatic N) is 2. The number of rotatable bonds is 6. The van der Waals surface area contributed by atoms with Crippen LogP contribution in [0.2, 0.25) is 0 Å². The van der Waals surface area contributed by atoms with Gasteiger partial charge >= 0.3 is 0 Å². The van der Waals surface area contributed by atoms with E-state index in [1.165, 1.54) is 5.56 Å². The molecular weight excluding hydrogens is 256 g/mol. The molecule has 19 heavy (non-hydrogen) atoms. The predicted molar refractivity (Wildman–Crippen MR) is 79.2 cm³/mol. The van der Waals surface area contributed by atoms with Gasteiger partial charge in [0, 0.05) is 24.6 Å². The lowest BCUT2D eigenvalue weighted by atomic mass is 10.0. The number of hydrogen-bond donors (Lipinski definition) is 1. The van der Waals surface area contributed by atoms with E-state index in [0.29, 0.717) is 0 Å². The summed E-state index contributed by atoms with van der Waals surface area (Å²) in [6.07, 6.45) is 0.740. The number of hydrogen-bond acceptors (Lipinski definition) is 4. The number of benzene rings is 1. The molecule has 4 heteroatoms. The Labute approximate surface area is 118 Å². The summed E-state index contributed by atoms with van der Waals surface area (Å²) in [7, 11) is 2.09. The maximum atomic E-state index is 9.28. The minimum atomic E-state index is 0.194. The molecule has 0 bridgehead atoms. The van der Waals surface area contributed by atoms with Crippen molar-refractivity contribution in [1.29, 1.82) is 0 Å². The molecule has 0 aliphatic rings. The van der Waals surface area contributed by atoms with E-state index in [1.54, 1.807) is 11.3 Å². The summed E-state index contributed by atoms with van der Waals surface area (Å²) in [5.74, 6) is 0. The molecule has 1 aromatic heterocycles. The Balaban J connectivity index is 2.10. The largest absolute Gasteiger partial charge is 0.396 e. The molecule has 0 saturated carbocycles. The monoisotopic (exact) mass is 276 g/mol. The summed E-state index contributed by atoms with van der Waals surface area (Å²) in [6, 6.07) is 10.6. The van der Waals surface area contributed by atoms with Gasteiger partial charge in [-0.05, 0) is 26.0 Å². The lowest BCUT2D eigenvalue weighted by molar-refractivity contribution is 0.179. The van der Waals surface area contributed by atoms with Crippen molar-refractivity contribution in [2.75, 3.05) is 13.7 Å². The van der Waals surface area contributed by atoms with E-state index < -0.39 is 0 Å². The van der Waals surface area contributed by atoms with Crippen LogP contribution in [0, 0.1) is 6.92 Å². The molecule has 0 unspecified atom stereocenters. The molecule has 0 amide bonds. The molecule has 3 nitrogen and oxygen atoms in total. The highest BCUT2D eigenvalue weighted by atomic mass is 32.1. The smallest absolute Gasteiger partial charge is 0.0897 e. The SMILES string of the molecule is Cc1nc(CN(C)[C@@H](CCO)c2ccccc2)cs1. The Morgan fingerprint density at radius 2 is 2.05 bits per heavy atom. The van der Waals surface area contributed by atoms with Crippen LogP contribution in [0.4, 0.5) is 0 Å². The molecule has 2 rings (SSSR count). The van der Waals surface area contributed by atoms with E-state index in [4.69, 9.17) is 0 Å². The molecule has 0 radical (unpaired) electrons. The maximum absolute atomic E-state index is 9.28. The quantitative estimate of drug-likeness (QED) is 0.881. The molecule has 0 fully saturated rings. The fourth-order valence-corrected chi connectivity index (χ4v) is 2.89. The highest BCUT2D eigenvalue weighted by Gasteiger charge is 2.17. The van der Waals surface area contributed by atoms with E-state index in [1.807, 2.05) is 25.1 Å². The molecule has 0 aliphatic heterocycles. The molecule has 102 valence electrons. The van der Waals surface area contributed by atoms with Crippen LogP contribution in [-0.4, -0.2) is 28.6 Å². The first kappa shape index (κ1) is 14.2. The minimum absolute atomic E-state index is 0.194. The van der Waals surface area contributed by atoms with E-state index in [2.05, 4.69) is 34.4 Å². The average Bonchev–Trinajstić information content (AvgIpc) is 2.82. The van der Waals surface area contributed by atoms with Crippen molar-refractivity contribution in [2.24, 2.45) is 0 Å². The van der Waals surface area contributed by atoms with Gasteiger partial charge in [-0.2, -0.15) is 0 Å². The van der Waals surface area contributed by atoms with Gasteiger partial charge in [-0.3, -0.25) is 4.90 Å². The van der Waals surface area contributed by atoms with Gasteiger partial charge < -0.3 is 5.11 Å². The van der Waals surface area contributed by atoms with Gasteiger partial charge in [-0.25, -0.2) is 4.98 Å². The van der Waals surface area contributed by atoms with Crippen LogP contribution in [-0.2, 0) is 6.54 Å². The molecular formula is C15H20N2OS. The van der Waals surface area contributed by atoms with Crippen LogP contribution in [0.25, 0.3) is 0 Å². The first-order valence-electron chi connectivity index (χ1n) is 6.47. The van der Waals surface area contributed by atoms with E-state index in [9.17, 15) is 5.11 Å². The van der Waals surface area contributed by atoms with Gasteiger partial charge in [0.05, 0.1) is 10.7 Å². The van der Waals surface area contributed by atoms with Crippen molar-refractivity contribution in [1.82, 2.24) is 9.88 Å². The summed E-state index contributed by atoms with van der Waals surface area (Å²) in [5.41, 5.74) is 2.34. The van der Waals surface area contributed by atoms with Gasteiger partial charge in [-0.15, -0.1) is 11.3 Å². The fraction of sp³-hybridized carbons (Fsp3) is 0.400. The third-order valence-corrected chi connectivity index (χ3v) is 4.02.